The Morgan fingerprint density at radius 1 is 1.32 bits per heavy atom. The van der Waals surface area contributed by atoms with Crippen LogP contribution in [0.15, 0.2) is 29.1 Å². The van der Waals surface area contributed by atoms with Crippen molar-refractivity contribution in [3.8, 4) is 17.7 Å². The minimum absolute atomic E-state index is 0.0282. The van der Waals surface area contributed by atoms with Gasteiger partial charge in [0.15, 0.2) is 5.78 Å². The number of aromatic hydroxyl groups is 1. The lowest BCUT2D eigenvalue weighted by molar-refractivity contribution is 0.0988. The molecule has 0 bridgehead atoms. The second-order valence-corrected chi connectivity index (χ2v) is 5.72. The van der Waals surface area contributed by atoms with Gasteiger partial charge in [-0.2, -0.15) is 5.26 Å². The number of nitrogens with zero attached hydrogens (tertiary/aromatic N) is 2. The summed E-state index contributed by atoms with van der Waals surface area (Å²) in [6.07, 6.45) is 0.640. The molecule has 1 aromatic heterocycles. The van der Waals surface area contributed by atoms with Gasteiger partial charge in [-0.25, -0.2) is 0 Å². The molecule has 6 nitrogen and oxygen atoms in total. The average molecular weight is 340 g/mol. The van der Waals surface area contributed by atoms with E-state index in [1.165, 1.54) is 6.92 Å². The summed E-state index contributed by atoms with van der Waals surface area (Å²) in [5.74, 6) is -0.0399. The normalized spacial score (nSPS) is 10.3. The smallest absolute Gasteiger partial charge is 0.271 e. The Bertz CT molecular complexity index is 890. The first kappa shape index (κ1) is 18.3. The van der Waals surface area contributed by atoms with Gasteiger partial charge < -0.3 is 9.84 Å². The topological polar surface area (TPSA) is 92.3 Å². The lowest BCUT2D eigenvalue weighted by Crippen LogP contribution is -2.26. The van der Waals surface area contributed by atoms with Crippen LogP contribution in [0.4, 0.5) is 0 Å². The van der Waals surface area contributed by atoms with Crippen LogP contribution in [0.1, 0.15) is 40.4 Å². The summed E-state index contributed by atoms with van der Waals surface area (Å²) in [5, 5.41) is 19.7. The first-order chi connectivity index (χ1) is 11.9. The van der Waals surface area contributed by atoms with Crippen LogP contribution in [0, 0.1) is 18.3 Å². The molecule has 0 atom stereocenters. The molecule has 1 aromatic carbocycles. The number of pyridine rings is 1. The van der Waals surface area contributed by atoms with Crippen LogP contribution in [0.5, 0.6) is 11.6 Å². The molecule has 0 fully saturated rings. The summed E-state index contributed by atoms with van der Waals surface area (Å²) >= 11 is 0. The van der Waals surface area contributed by atoms with Crippen LogP contribution in [0.3, 0.4) is 0 Å². The number of hydrogen-bond donors (Lipinski definition) is 1. The summed E-state index contributed by atoms with van der Waals surface area (Å²) in [6, 6.07) is 8.86. The molecule has 0 saturated carbocycles. The van der Waals surface area contributed by atoms with E-state index in [-0.39, 0.29) is 41.3 Å². The van der Waals surface area contributed by atoms with Crippen LogP contribution in [0.25, 0.3) is 0 Å². The minimum atomic E-state index is -0.569. The number of benzene rings is 1. The number of hydrogen-bond acceptors (Lipinski definition) is 5. The maximum absolute atomic E-state index is 12.7. The van der Waals surface area contributed by atoms with Crippen molar-refractivity contribution in [1.29, 1.82) is 5.26 Å². The van der Waals surface area contributed by atoms with Crippen molar-refractivity contribution in [1.82, 2.24) is 4.57 Å². The molecule has 0 aliphatic heterocycles. The molecule has 6 heteroatoms. The molecule has 0 saturated heterocycles. The Morgan fingerprint density at radius 3 is 2.48 bits per heavy atom. The van der Waals surface area contributed by atoms with Crippen LogP contribution in [0.2, 0.25) is 0 Å². The number of ether oxygens (including phenoxy) is 1. The lowest BCUT2D eigenvalue weighted by Gasteiger charge is -2.15. The number of ketones is 1. The van der Waals surface area contributed by atoms with Crippen molar-refractivity contribution < 1.29 is 14.6 Å². The summed E-state index contributed by atoms with van der Waals surface area (Å²) in [7, 11) is 1.56. The standard InChI is InChI=1S/C19H20N2O4/c1-4-9-21-18(23)15(11-20)12(2)17(19(21)24)16(22)10-13-5-7-14(25-3)8-6-13/h5-8,24H,4,9-10H2,1-3H3. The number of methoxy groups -OCH3 is 1. The van der Waals surface area contributed by atoms with E-state index in [1.807, 2.05) is 13.0 Å². The molecule has 0 radical (unpaired) electrons. The Kier molecular flexibility index (Phi) is 5.60. The quantitative estimate of drug-likeness (QED) is 0.816. The second-order valence-electron chi connectivity index (χ2n) is 5.72. The first-order valence-corrected chi connectivity index (χ1v) is 7.97. The highest BCUT2D eigenvalue weighted by Gasteiger charge is 2.23. The fourth-order valence-corrected chi connectivity index (χ4v) is 2.73. The van der Waals surface area contributed by atoms with Gasteiger partial charge in [0, 0.05) is 13.0 Å². The van der Waals surface area contributed by atoms with Gasteiger partial charge in [-0.15, -0.1) is 0 Å². The van der Waals surface area contributed by atoms with E-state index >= 15 is 0 Å². The summed E-state index contributed by atoms with van der Waals surface area (Å²) < 4.78 is 6.17. The van der Waals surface area contributed by atoms with Gasteiger partial charge in [-0.3, -0.25) is 14.2 Å². The van der Waals surface area contributed by atoms with Gasteiger partial charge in [0.05, 0.1) is 12.7 Å². The average Bonchev–Trinajstić information content (AvgIpc) is 2.59. The Morgan fingerprint density at radius 2 is 1.96 bits per heavy atom. The molecule has 0 aliphatic rings. The van der Waals surface area contributed by atoms with Crippen molar-refractivity contribution in [2.24, 2.45) is 0 Å². The highest BCUT2D eigenvalue weighted by Crippen LogP contribution is 2.24. The molecule has 0 spiro atoms. The molecule has 1 N–H and O–H groups in total. The number of nitriles is 1. The Labute approximate surface area is 145 Å². The van der Waals surface area contributed by atoms with Crippen LogP contribution in [-0.2, 0) is 13.0 Å². The van der Waals surface area contributed by atoms with Crippen LogP contribution in [-0.4, -0.2) is 22.6 Å². The predicted molar refractivity (Wildman–Crippen MR) is 93.1 cm³/mol. The zero-order valence-corrected chi connectivity index (χ0v) is 14.5. The first-order valence-electron chi connectivity index (χ1n) is 7.97. The van der Waals surface area contributed by atoms with Gasteiger partial charge in [-0.1, -0.05) is 19.1 Å². The third kappa shape index (κ3) is 3.56. The van der Waals surface area contributed by atoms with Crippen molar-refractivity contribution in [3.63, 3.8) is 0 Å². The largest absolute Gasteiger partial charge is 0.497 e. The highest BCUT2D eigenvalue weighted by molar-refractivity contribution is 6.01. The fourth-order valence-electron chi connectivity index (χ4n) is 2.73. The van der Waals surface area contributed by atoms with Gasteiger partial charge >= 0.3 is 0 Å². The van der Waals surface area contributed by atoms with Gasteiger partial charge in [-0.05, 0) is 36.6 Å². The van der Waals surface area contributed by atoms with Crippen molar-refractivity contribution in [2.45, 2.75) is 33.2 Å². The molecule has 25 heavy (non-hydrogen) atoms. The van der Waals surface area contributed by atoms with E-state index in [4.69, 9.17) is 4.74 Å². The Balaban J connectivity index is 2.49. The van der Waals surface area contributed by atoms with E-state index in [1.54, 1.807) is 31.4 Å². The van der Waals surface area contributed by atoms with E-state index in [0.717, 1.165) is 10.1 Å². The second kappa shape index (κ2) is 7.67. The van der Waals surface area contributed by atoms with Gasteiger partial charge in [0.2, 0.25) is 5.88 Å². The third-order valence-electron chi connectivity index (χ3n) is 4.05. The molecule has 0 unspecified atom stereocenters. The van der Waals surface area contributed by atoms with E-state index < -0.39 is 5.56 Å². The maximum atomic E-state index is 12.7. The van der Waals surface area contributed by atoms with Crippen molar-refractivity contribution in [3.05, 3.63) is 56.9 Å². The van der Waals surface area contributed by atoms with Crippen molar-refractivity contribution in [2.75, 3.05) is 7.11 Å². The minimum Gasteiger partial charge on any atom is -0.497 e. The molecule has 2 rings (SSSR count). The molecular formula is C19H20N2O4. The maximum Gasteiger partial charge on any atom is 0.271 e. The molecule has 0 amide bonds. The zero-order valence-electron chi connectivity index (χ0n) is 14.5. The van der Waals surface area contributed by atoms with Crippen LogP contribution < -0.4 is 10.3 Å². The number of aromatic nitrogens is 1. The molecule has 2 aromatic rings. The van der Waals surface area contributed by atoms with Crippen LogP contribution >= 0.6 is 0 Å². The van der Waals surface area contributed by atoms with E-state index in [9.17, 15) is 20.0 Å². The zero-order chi connectivity index (χ0) is 18.6. The number of carbonyl (C=O) groups excluding carboxylic acids is 1. The molecule has 0 aliphatic carbocycles. The predicted octanol–water partition coefficient (Wildman–Crippen LogP) is 2.58. The lowest BCUT2D eigenvalue weighted by atomic mass is 9.97. The molecule has 1 heterocycles. The van der Waals surface area contributed by atoms with Crippen molar-refractivity contribution >= 4 is 5.78 Å². The number of Topliss-reactive ketones (excluding diaryl/α,β-unsaturated/α-hetero) is 1. The SMILES string of the molecule is CCCn1c(O)c(C(=O)Cc2ccc(OC)cc2)c(C)c(C#N)c1=O. The molecular weight excluding hydrogens is 320 g/mol. The summed E-state index contributed by atoms with van der Waals surface area (Å²) in [5.41, 5.74) is 0.317. The molecule has 130 valence electrons. The van der Waals surface area contributed by atoms with E-state index in [0.29, 0.717) is 12.2 Å². The van der Waals surface area contributed by atoms with Gasteiger partial charge in [0.1, 0.15) is 17.4 Å². The Hall–Kier alpha value is -3.07. The highest BCUT2D eigenvalue weighted by atomic mass is 16.5. The van der Waals surface area contributed by atoms with Gasteiger partial charge in [0.25, 0.3) is 5.56 Å². The fraction of sp³-hybridized carbons (Fsp3) is 0.316. The summed E-state index contributed by atoms with van der Waals surface area (Å²) in [4.78, 5) is 25.0. The number of rotatable bonds is 6. The van der Waals surface area contributed by atoms with E-state index in [2.05, 4.69) is 0 Å². The summed E-state index contributed by atoms with van der Waals surface area (Å²) in [6.45, 7) is 3.59. The third-order valence-corrected chi connectivity index (χ3v) is 4.05. The number of carbonyl (C=O) groups is 1. The monoisotopic (exact) mass is 340 g/mol.